The van der Waals surface area contributed by atoms with E-state index in [9.17, 15) is 5.26 Å². The fourth-order valence-corrected chi connectivity index (χ4v) is 2.72. The average Bonchev–Trinajstić information content (AvgIpc) is 2.68. The van der Waals surface area contributed by atoms with Crippen LogP contribution in [0.25, 0.3) is 11.3 Å². The van der Waals surface area contributed by atoms with Crippen LogP contribution in [0.15, 0.2) is 48.7 Å². The molecule has 0 N–H and O–H groups in total. The largest absolute Gasteiger partial charge is 0.493 e. The molecule has 26 heavy (non-hydrogen) atoms. The smallest absolute Gasteiger partial charge is 0.161 e. The first kappa shape index (κ1) is 17.4. The molecule has 0 saturated heterocycles. The minimum absolute atomic E-state index is 0.575. The summed E-state index contributed by atoms with van der Waals surface area (Å²) in [5, 5.41) is 9.23. The number of ether oxygens (including phenoxy) is 2. The third-order valence-electron chi connectivity index (χ3n) is 4.17. The molecule has 0 amide bonds. The van der Waals surface area contributed by atoms with Gasteiger partial charge in [-0.1, -0.05) is 18.2 Å². The zero-order valence-corrected chi connectivity index (χ0v) is 15.0. The third-order valence-corrected chi connectivity index (χ3v) is 4.17. The number of benzene rings is 2. The Kier molecular flexibility index (Phi) is 5.14. The zero-order chi connectivity index (χ0) is 18.5. The van der Waals surface area contributed by atoms with Crippen LogP contribution >= 0.6 is 0 Å². The monoisotopic (exact) mass is 345 g/mol. The van der Waals surface area contributed by atoms with Crippen molar-refractivity contribution in [2.45, 2.75) is 13.3 Å². The maximum absolute atomic E-state index is 9.23. The molecule has 2 aromatic carbocycles. The van der Waals surface area contributed by atoms with Crippen LogP contribution < -0.4 is 9.47 Å². The van der Waals surface area contributed by atoms with Gasteiger partial charge in [0.2, 0.25) is 0 Å². The van der Waals surface area contributed by atoms with Gasteiger partial charge in [0.25, 0.3) is 0 Å². The summed E-state index contributed by atoms with van der Waals surface area (Å²) in [6.07, 6.45) is 2.31. The van der Waals surface area contributed by atoms with Gasteiger partial charge in [0.05, 0.1) is 31.5 Å². The van der Waals surface area contributed by atoms with Gasteiger partial charge in [-0.05, 0) is 42.3 Å². The molecule has 3 rings (SSSR count). The van der Waals surface area contributed by atoms with E-state index in [1.54, 1.807) is 20.4 Å². The van der Waals surface area contributed by atoms with Crippen LogP contribution in [-0.4, -0.2) is 24.2 Å². The number of methoxy groups -OCH3 is 2. The molecular weight excluding hydrogens is 326 g/mol. The lowest BCUT2D eigenvalue weighted by molar-refractivity contribution is 0.354. The fraction of sp³-hybridized carbons (Fsp3) is 0.190. The van der Waals surface area contributed by atoms with E-state index < -0.39 is 0 Å². The molecule has 0 aliphatic heterocycles. The van der Waals surface area contributed by atoms with Crippen LogP contribution in [-0.2, 0) is 6.42 Å². The molecule has 0 unspecified atom stereocenters. The van der Waals surface area contributed by atoms with Gasteiger partial charge in [0.15, 0.2) is 11.5 Å². The van der Waals surface area contributed by atoms with Crippen LogP contribution in [0, 0.1) is 18.3 Å². The molecule has 0 fully saturated rings. The molecule has 0 radical (unpaired) electrons. The van der Waals surface area contributed by atoms with E-state index >= 15 is 0 Å². The Morgan fingerprint density at radius 2 is 1.81 bits per heavy atom. The third kappa shape index (κ3) is 3.65. The van der Waals surface area contributed by atoms with Crippen molar-refractivity contribution in [3.63, 3.8) is 0 Å². The number of nitrogens with zero attached hydrogens (tertiary/aromatic N) is 3. The van der Waals surface area contributed by atoms with Crippen molar-refractivity contribution >= 4 is 0 Å². The van der Waals surface area contributed by atoms with Gasteiger partial charge in [-0.25, -0.2) is 9.97 Å². The van der Waals surface area contributed by atoms with Crippen LogP contribution in [0.3, 0.4) is 0 Å². The Hall–Kier alpha value is -3.39. The molecule has 3 aromatic rings. The molecular formula is C21H19N3O2. The van der Waals surface area contributed by atoms with E-state index in [0.717, 1.165) is 22.4 Å². The SMILES string of the molecule is COc1ccc(Cc2nccc(-c3ccc(C)c(C#N)c3)n2)cc1OC. The second-order valence-electron chi connectivity index (χ2n) is 5.87. The first-order valence-corrected chi connectivity index (χ1v) is 8.18. The second kappa shape index (κ2) is 7.66. The van der Waals surface area contributed by atoms with Crippen molar-refractivity contribution in [1.29, 1.82) is 5.26 Å². The molecule has 0 aliphatic carbocycles. The highest BCUT2D eigenvalue weighted by Gasteiger charge is 2.09. The lowest BCUT2D eigenvalue weighted by Crippen LogP contribution is -1.99. The van der Waals surface area contributed by atoms with Crippen molar-refractivity contribution in [1.82, 2.24) is 9.97 Å². The van der Waals surface area contributed by atoms with E-state index in [2.05, 4.69) is 16.0 Å². The summed E-state index contributed by atoms with van der Waals surface area (Å²) in [5.74, 6) is 2.07. The van der Waals surface area contributed by atoms with E-state index in [1.165, 1.54) is 0 Å². The fourth-order valence-electron chi connectivity index (χ4n) is 2.72. The quantitative estimate of drug-likeness (QED) is 0.701. The second-order valence-corrected chi connectivity index (χ2v) is 5.87. The number of aryl methyl sites for hydroxylation is 1. The Labute approximate surface area is 152 Å². The number of aromatic nitrogens is 2. The van der Waals surface area contributed by atoms with Crippen LogP contribution in [0.4, 0.5) is 0 Å². The molecule has 5 nitrogen and oxygen atoms in total. The lowest BCUT2D eigenvalue weighted by atomic mass is 10.0. The average molecular weight is 345 g/mol. The Balaban J connectivity index is 1.90. The van der Waals surface area contributed by atoms with Gasteiger partial charge in [-0.15, -0.1) is 0 Å². The number of hydrogen-bond donors (Lipinski definition) is 0. The van der Waals surface area contributed by atoms with Gasteiger partial charge in [-0.3, -0.25) is 0 Å². The van der Waals surface area contributed by atoms with Gasteiger partial charge in [0.1, 0.15) is 5.82 Å². The molecule has 0 bridgehead atoms. The molecule has 5 heteroatoms. The Morgan fingerprint density at radius 1 is 1.00 bits per heavy atom. The summed E-state index contributed by atoms with van der Waals surface area (Å²) in [6.45, 7) is 1.92. The van der Waals surface area contributed by atoms with E-state index in [1.807, 2.05) is 49.4 Å². The normalized spacial score (nSPS) is 10.2. The Bertz CT molecular complexity index is 977. The molecule has 0 aliphatic rings. The molecule has 0 spiro atoms. The van der Waals surface area contributed by atoms with Crippen molar-refractivity contribution in [3.05, 3.63) is 71.2 Å². The summed E-state index contributed by atoms with van der Waals surface area (Å²) in [4.78, 5) is 9.02. The molecule has 1 heterocycles. The first-order valence-electron chi connectivity index (χ1n) is 8.18. The van der Waals surface area contributed by atoms with Crippen molar-refractivity contribution in [2.24, 2.45) is 0 Å². The minimum Gasteiger partial charge on any atom is -0.493 e. The Morgan fingerprint density at radius 3 is 2.54 bits per heavy atom. The molecule has 130 valence electrons. The van der Waals surface area contributed by atoms with Gasteiger partial charge >= 0.3 is 0 Å². The van der Waals surface area contributed by atoms with Gasteiger partial charge in [-0.2, -0.15) is 5.26 Å². The van der Waals surface area contributed by atoms with Gasteiger partial charge in [0, 0.05) is 18.2 Å². The highest BCUT2D eigenvalue weighted by Crippen LogP contribution is 2.28. The van der Waals surface area contributed by atoms with Crippen molar-refractivity contribution in [2.75, 3.05) is 14.2 Å². The topological polar surface area (TPSA) is 68.0 Å². The van der Waals surface area contributed by atoms with Crippen molar-refractivity contribution in [3.8, 4) is 28.8 Å². The molecule has 0 atom stereocenters. The van der Waals surface area contributed by atoms with Crippen molar-refractivity contribution < 1.29 is 9.47 Å². The highest BCUT2D eigenvalue weighted by atomic mass is 16.5. The zero-order valence-electron chi connectivity index (χ0n) is 15.0. The van der Waals surface area contributed by atoms with E-state index in [0.29, 0.717) is 29.3 Å². The number of hydrogen-bond acceptors (Lipinski definition) is 5. The van der Waals surface area contributed by atoms with E-state index in [-0.39, 0.29) is 0 Å². The molecule has 0 saturated carbocycles. The number of nitriles is 1. The summed E-state index contributed by atoms with van der Waals surface area (Å²) in [5.41, 5.74) is 4.34. The molecule has 1 aromatic heterocycles. The van der Waals surface area contributed by atoms with Gasteiger partial charge < -0.3 is 9.47 Å². The van der Waals surface area contributed by atoms with E-state index in [4.69, 9.17) is 9.47 Å². The predicted molar refractivity (Wildman–Crippen MR) is 99.3 cm³/mol. The maximum Gasteiger partial charge on any atom is 0.161 e. The first-order chi connectivity index (χ1) is 12.6. The predicted octanol–water partition coefficient (Wildman–Crippen LogP) is 3.93. The minimum atomic E-state index is 0.575. The highest BCUT2D eigenvalue weighted by molar-refractivity contribution is 5.62. The standard InChI is InChI=1S/C21H19N3O2/c1-14-4-6-16(12-17(14)13-22)18-8-9-23-21(24-18)11-15-5-7-19(25-2)20(10-15)26-3/h4-10,12H,11H2,1-3H3. The summed E-state index contributed by atoms with van der Waals surface area (Å²) < 4.78 is 10.6. The lowest BCUT2D eigenvalue weighted by Gasteiger charge is -2.10. The van der Waals surface area contributed by atoms with Crippen LogP contribution in [0.5, 0.6) is 11.5 Å². The summed E-state index contributed by atoms with van der Waals surface area (Å²) >= 11 is 0. The van der Waals surface area contributed by atoms with Crippen LogP contribution in [0.2, 0.25) is 0 Å². The summed E-state index contributed by atoms with van der Waals surface area (Å²) in [6, 6.07) is 15.6. The van der Waals surface area contributed by atoms with Crippen LogP contribution in [0.1, 0.15) is 22.5 Å². The summed E-state index contributed by atoms with van der Waals surface area (Å²) in [7, 11) is 3.23. The number of rotatable bonds is 5. The maximum atomic E-state index is 9.23.